The molecule has 0 fully saturated rings. The van der Waals surface area contributed by atoms with Gasteiger partial charge in [0, 0.05) is 24.2 Å². The Bertz CT molecular complexity index is 947. The van der Waals surface area contributed by atoms with Crippen molar-refractivity contribution in [3.05, 3.63) is 35.3 Å². The number of hydrogen-bond acceptors (Lipinski definition) is 11. The highest BCUT2D eigenvalue weighted by Gasteiger charge is 2.12. The van der Waals surface area contributed by atoms with Gasteiger partial charge >= 0.3 is 5.13 Å². The van der Waals surface area contributed by atoms with Crippen molar-refractivity contribution in [1.29, 1.82) is 0 Å². The lowest BCUT2D eigenvalue weighted by atomic mass is 10.1. The van der Waals surface area contributed by atoms with E-state index in [0.717, 1.165) is 47.9 Å². The molecule has 2 unspecified atom stereocenters. The van der Waals surface area contributed by atoms with Crippen LogP contribution in [0.2, 0.25) is 0 Å². The molecule has 2 atom stereocenters. The number of azo groups is 1. The van der Waals surface area contributed by atoms with Crippen molar-refractivity contribution in [2.24, 2.45) is 17.3 Å². The second-order valence-electron chi connectivity index (χ2n) is 9.28. The van der Waals surface area contributed by atoms with Gasteiger partial charge in [-0.2, -0.15) is 0 Å². The minimum Gasteiger partial charge on any atom is -0.394 e. The van der Waals surface area contributed by atoms with E-state index in [1.54, 1.807) is 0 Å². The summed E-state index contributed by atoms with van der Waals surface area (Å²) in [4.78, 5) is 2.29. The molecule has 220 valence electrons. The van der Waals surface area contributed by atoms with Crippen LogP contribution in [0.1, 0.15) is 31.2 Å². The molecule has 11 nitrogen and oxygen atoms in total. The average molecular weight is 570 g/mol. The van der Waals surface area contributed by atoms with Crippen molar-refractivity contribution in [2.75, 3.05) is 70.8 Å². The van der Waals surface area contributed by atoms with E-state index >= 15 is 0 Å². The third-order valence-electron chi connectivity index (χ3n) is 6.00. The van der Waals surface area contributed by atoms with Gasteiger partial charge < -0.3 is 39.5 Å². The molecule has 0 saturated carbocycles. The van der Waals surface area contributed by atoms with Crippen LogP contribution in [0.15, 0.2) is 40.0 Å². The number of anilines is 1. The molecule has 0 aliphatic heterocycles. The van der Waals surface area contributed by atoms with Crippen LogP contribution in [0.4, 0.5) is 16.5 Å². The number of aliphatic hydroxyl groups is 4. The Morgan fingerprint density at radius 3 is 2.28 bits per heavy atom. The molecule has 1 aromatic heterocycles. The van der Waals surface area contributed by atoms with Gasteiger partial charge in [-0.15, -0.1) is 0 Å². The third kappa shape index (κ3) is 13.7. The Hall–Kier alpha value is -2.03. The summed E-state index contributed by atoms with van der Waals surface area (Å²) in [5, 5.41) is 48.2. The monoisotopic (exact) mass is 569 g/mol. The summed E-state index contributed by atoms with van der Waals surface area (Å²) in [5.41, 5.74) is 2.95. The zero-order valence-corrected chi connectivity index (χ0v) is 24.0. The fraction of sp³-hybridized carbons (Fsp3) is 0.667. The van der Waals surface area contributed by atoms with Gasteiger partial charge in [-0.1, -0.05) is 12.8 Å². The Balaban J connectivity index is 1.82. The first-order valence-electron chi connectivity index (χ1n) is 13.5. The van der Waals surface area contributed by atoms with E-state index in [-0.39, 0.29) is 19.8 Å². The van der Waals surface area contributed by atoms with Crippen molar-refractivity contribution in [3.8, 4) is 0 Å². The van der Waals surface area contributed by atoms with Crippen LogP contribution < -0.4 is 9.47 Å². The largest absolute Gasteiger partial charge is 0.408 e. The van der Waals surface area contributed by atoms with E-state index in [2.05, 4.69) is 27.3 Å². The summed E-state index contributed by atoms with van der Waals surface area (Å²) in [7, 11) is 1.94. The number of unbranched alkanes of at least 4 members (excludes halogenated alkanes) is 2. The minimum atomic E-state index is -0.859. The second kappa shape index (κ2) is 19.9. The standard InChI is InChI=1S/C27H45N4O7S/c1-22-18-23(7-8-26(22)28-29-27-30(2)11-17-39-27)31(9-5-3-4-6-24(34)19-32)10-12-36-13-14-37-15-16-38-21-25(35)20-33/h7-8,11,17-18,24-25,32-35H,3-6,9-10,12-16,19-21H2,1-2H3/q+1. The Kier molecular flexibility index (Phi) is 17.0. The zero-order chi connectivity index (χ0) is 28.3. The van der Waals surface area contributed by atoms with Gasteiger partial charge in [-0.05, 0) is 60.0 Å². The maximum absolute atomic E-state index is 9.57. The molecule has 0 amide bonds. The van der Waals surface area contributed by atoms with Crippen LogP contribution in [0.5, 0.6) is 0 Å². The Morgan fingerprint density at radius 2 is 1.62 bits per heavy atom. The van der Waals surface area contributed by atoms with Crippen molar-refractivity contribution in [3.63, 3.8) is 0 Å². The highest BCUT2D eigenvalue weighted by atomic mass is 32.1. The number of thiazole rings is 1. The molecule has 4 N–H and O–H groups in total. The Morgan fingerprint density at radius 1 is 0.897 bits per heavy atom. The van der Waals surface area contributed by atoms with Crippen molar-refractivity contribution in [1.82, 2.24) is 0 Å². The maximum Gasteiger partial charge on any atom is 0.408 e. The Labute approximate surface area is 235 Å². The van der Waals surface area contributed by atoms with Gasteiger partial charge in [0.15, 0.2) is 0 Å². The number of rotatable bonds is 22. The number of aryl methyl sites for hydroxylation is 2. The maximum atomic E-state index is 9.57. The van der Waals surface area contributed by atoms with E-state index < -0.39 is 12.2 Å². The van der Waals surface area contributed by atoms with Crippen molar-refractivity contribution >= 4 is 27.8 Å². The summed E-state index contributed by atoms with van der Waals surface area (Å²) in [5.74, 6) is 0. The van der Waals surface area contributed by atoms with Crippen LogP contribution in [0, 0.1) is 6.92 Å². The van der Waals surface area contributed by atoms with Crippen LogP contribution in [-0.2, 0) is 21.3 Å². The topological polar surface area (TPSA) is 140 Å². The fourth-order valence-corrected chi connectivity index (χ4v) is 4.36. The molecular formula is C27H45N4O7S+. The summed E-state index contributed by atoms with van der Waals surface area (Å²) in [6.45, 7) is 5.36. The number of ether oxygens (including phenoxy) is 3. The molecule has 0 aliphatic rings. The first-order chi connectivity index (χ1) is 18.9. The molecular weight excluding hydrogens is 524 g/mol. The normalized spacial score (nSPS) is 13.3. The number of aromatic nitrogens is 1. The number of hydrogen-bond donors (Lipinski definition) is 4. The molecule has 0 radical (unpaired) electrons. The molecule has 0 spiro atoms. The van der Waals surface area contributed by atoms with Gasteiger partial charge in [0.2, 0.25) is 0 Å². The fourth-order valence-electron chi connectivity index (χ4n) is 3.68. The molecule has 0 aliphatic carbocycles. The smallest absolute Gasteiger partial charge is 0.394 e. The van der Waals surface area contributed by atoms with Gasteiger partial charge in [0.25, 0.3) is 0 Å². The van der Waals surface area contributed by atoms with Gasteiger partial charge in [0.05, 0.1) is 71.1 Å². The molecule has 1 aromatic carbocycles. The van der Waals surface area contributed by atoms with Gasteiger partial charge in [-0.3, -0.25) is 0 Å². The van der Waals surface area contributed by atoms with E-state index in [1.807, 2.05) is 36.2 Å². The molecule has 39 heavy (non-hydrogen) atoms. The minimum absolute atomic E-state index is 0.0882. The summed E-state index contributed by atoms with van der Waals surface area (Å²) >= 11 is 1.54. The van der Waals surface area contributed by atoms with E-state index in [9.17, 15) is 10.2 Å². The summed E-state index contributed by atoms with van der Waals surface area (Å²) in [6, 6.07) is 6.17. The van der Waals surface area contributed by atoms with Crippen LogP contribution in [0.3, 0.4) is 0 Å². The zero-order valence-electron chi connectivity index (χ0n) is 23.2. The summed E-state index contributed by atoms with van der Waals surface area (Å²) in [6.07, 6.45) is 3.84. The SMILES string of the molecule is Cc1cc(N(CCCCCC(O)CO)CCOCCOCCOCC(O)CO)ccc1/N=N/c1scc[n+]1C. The average Bonchev–Trinajstić information content (AvgIpc) is 3.35. The molecule has 2 aromatic rings. The lowest BCUT2D eigenvalue weighted by Crippen LogP contribution is -2.29. The van der Waals surface area contributed by atoms with Gasteiger partial charge in [0.1, 0.15) is 18.0 Å². The highest BCUT2D eigenvalue weighted by molar-refractivity contribution is 7.12. The summed E-state index contributed by atoms with van der Waals surface area (Å²) < 4.78 is 18.4. The predicted molar refractivity (Wildman–Crippen MR) is 150 cm³/mol. The predicted octanol–water partition coefficient (Wildman–Crippen LogP) is 2.42. The lowest BCUT2D eigenvalue weighted by Gasteiger charge is -2.25. The van der Waals surface area contributed by atoms with E-state index in [4.69, 9.17) is 24.4 Å². The van der Waals surface area contributed by atoms with Crippen LogP contribution >= 0.6 is 11.3 Å². The van der Waals surface area contributed by atoms with Crippen molar-refractivity contribution < 1.29 is 39.2 Å². The van der Waals surface area contributed by atoms with Crippen molar-refractivity contribution in [2.45, 2.75) is 44.8 Å². The van der Waals surface area contributed by atoms with Gasteiger partial charge in [-0.25, -0.2) is 4.57 Å². The lowest BCUT2D eigenvalue weighted by molar-refractivity contribution is -0.654. The molecule has 2 rings (SSSR count). The van der Waals surface area contributed by atoms with E-state index in [1.165, 1.54) is 11.3 Å². The molecule has 0 bridgehead atoms. The molecule has 12 heteroatoms. The second-order valence-corrected chi connectivity index (χ2v) is 10.1. The quantitative estimate of drug-likeness (QED) is 0.0963. The first-order valence-corrected chi connectivity index (χ1v) is 14.3. The highest BCUT2D eigenvalue weighted by Crippen LogP contribution is 2.27. The number of aliphatic hydroxyl groups excluding tert-OH is 4. The van der Waals surface area contributed by atoms with Crippen LogP contribution in [0.25, 0.3) is 0 Å². The molecule has 0 saturated heterocycles. The first kappa shape index (κ1) is 33.2. The third-order valence-corrected chi connectivity index (χ3v) is 6.83. The number of benzene rings is 1. The molecule has 1 heterocycles. The van der Waals surface area contributed by atoms with Crippen LogP contribution in [-0.4, -0.2) is 98.6 Å². The van der Waals surface area contributed by atoms with E-state index in [0.29, 0.717) is 46.0 Å². The number of nitrogens with zero attached hydrogens (tertiary/aromatic N) is 4.